The first-order chi connectivity index (χ1) is 9.70. The maximum absolute atomic E-state index is 12.3. The van der Waals surface area contributed by atoms with Crippen molar-refractivity contribution in [1.29, 1.82) is 0 Å². The molecular formula is C15H28N2O2S2. The van der Waals surface area contributed by atoms with E-state index in [2.05, 4.69) is 37.7 Å². The molecule has 122 valence electrons. The van der Waals surface area contributed by atoms with Crippen LogP contribution in [0.3, 0.4) is 0 Å². The van der Waals surface area contributed by atoms with Gasteiger partial charge in [0.25, 0.3) is 0 Å². The molecule has 1 aromatic heterocycles. The fourth-order valence-electron chi connectivity index (χ4n) is 1.87. The predicted molar refractivity (Wildman–Crippen MR) is 90.2 cm³/mol. The van der Waals surface area contributed by atoms with Crippen LogP contribution in [-0.4, -0.2) is 20.5 Å². The molecule has 0 aliphatic carbocycles. The van der Waals surface area contributed by atoms with Gasteiger partial charge in [0.2, 0.25) is 10.0 Å². The molecule has 0 fully saturated rings. The van der Waals surface area contributed by atoms with Crippen LogP contribution in [0.5, 0.6) is 0 Å². The summed E-state index contributed by atoms with van der Waals surface area (Å²) in [6.45, 7) is 11.1. The molecule has 21 heavy (non-hydrogen) atoms. The summed E-state index contributed by atoms with van der Waals surface area (Å²) in [5.74, 6) is 0.590. The van der Waals surface area contributed by atoms with Crippen molar-refractivity contribution in [2.45, 2.75) is 71.0 Å². The van der Waals surface area contributed by atoms with E-state index in [9.17, 15) is 8.42 Å². The molecular weight excluding hydrogens is 304 g/mol. The Kier molecular flexibility index (Phi) is 7.33. The Labute approximate surface area is 133 Å². The van der Waals surface area contributed by atoms with Crippen molar-refractivity contribution in [3.8, 4) is 0 Å². The van der Waals surface area contributed by atoms with E-state index < -0.39 is 10.0 Å². The molecule has 2 N–H and O–H groups in total. The standard InChI is InChI=1S/C15H28N2O2S2/c1-11(2)6-7-13(5)17-21(18,19)15-8-14(20-10-15)9-16-12(3)4/h8,10-13,16-17H,6-7,9H2,1-5H3. The van der Waals surface area contributed by atoms with Crippen LogP contribution in [-0.2, 0) is 16.6 Å². The Morgan fingerprint density at radius 3 is 2.38 bits per heavy atom. The Bertz CT molecular complexity index is 522. The average molecular weight is 333 g/mol. The first kappa shape index (κ1) is 18.6. The average Bonchev–Trinajstić information content (AvgIpc) is 2.83. The summed E-state index contributed by atoms with van der Waals surface area (Å²) in [6, 6.07) is 2.12. The zero-order chi connectivity index (χ0) is 16.0. The summed E-state index contributed by atoms with van der Waals surface area (Å²) < 4.78 is 27.4. The third-order valence-electron chi connectivity index (χ3n) is 3.16. The summed E-state index contributed by atoms with van der Waals surface area (Å²) in [5.41, 5.74) is 0. The van der Waals surface area contributed by atoms with Crippen LogP contribution in [0, 0.1) is 5.92 Å². The van der Waals surface area contributed by atoms with Gasteiger partial charge >= 0.3 is 0 Å². The number of thiophene rings is 1. The third kappa shape index (κ3) is 6.91. The highest BCUT2D eigenvalue weighted by Gasteiger charge is 2.19. The van der Waals surface area contributed by atoms with Crippen molar-refractivity contribution in [1.82, 2.24) is 10.0 Å². The minimum Gasteiger partial charge on any atom is -0.310 e. The van der Waals surface area contributed by atoms with Gasteiger partial charge in [-0.3, -0.25) is 0 Å². The summed E-state index contributed by atoms with van der Waals surface area (Å²) >= 11 is 1.48. The van der Waals surface area contributed by atoms with E-state index in [4.69, 9.17) is 0 Å². The van der Waals surface area contributed by atoms with E-state index in [0.717, 1.165) is 17.7 Å². The lowest BCUT2D eigenvalue weighted by Gasteiger charge is -2.14. The van der Waals surface area contributed by atoms with Crippen LogP contribution >= 0.6 is 11.3 Å². The highest BCUT2D eigenvalue weighted by Crippen LogP contribution is 2.20. The van der Waals surface area contributed by atoms with Crippen LogP contribution in [0.2, 0.25) is 0 Å². The van der Waals surface area contributed by atoms with Gasteiger partial charge in [-0.25, -0.2) is 13.1 Å². The largest absolute Gasteiger partial charge is 0.310 e. The van der Waals surface area contributed by atoms with Gasteiger partial charge in [0.05, 0.1) is 4.90 Å². The highest BCUT2D eigenvalue weighted by molar-refractivity contribution is 7.89. The molecule has 0 saturated carbocycles. The number of rotatable bonds is 9. The minimum absolute atomic E-state index is 0.0328. The molecule has 0 amide bonds. The molecule has 0 aromatic carbocycles. The molecule has 0 aliphatic heterocycles. The third-order valence-corrected chi connectivity index (χ3v) is 5.81. The maximum atomic E-state index is 12.3. The van der Waals surface area contributed by atoms with Gasteiger partial charge in [0, 0.05) is 28.9 Å². The SMILES string of the molecule is CC(C)CCC(C)NS(=O)(=O)c1csc(CNC(C)C)c1. The van der Waals surface area contributed by atoms with Gasteiger partial charge in [0.1, 0.15) is 0 Å². The Hall–Kier alpha value is -0.430. The van der Waals surface area contributed by atoms with Gasteiger partial charge < -0.3 is 5.32 Å². The van der Waals surface area contributed by atoms with Crippen LogP contribution in [0.15, 0.2) is 16.3 Å². The number of sulfonamides is 1. The summed E-state index contributed by atoms with van der Waals surface area (Å²) in [5, 5.41) is 5.01. The van der Waals surface area contributed by atoms with Crippen LogP contribution in [0.25, 0.3) is 0 Å². The lowest BCUT2D eigenvalue weighted by molar-refractivity contribution is 0.485. The van der Waals surface area contributed by atoms with E-state index in [0.29, 0.717) is 23.4 Å². The minimum atomic E-state index is -3.39. The lowest BCUT2D eigenvalue weighted by atomic mass is 10.1. The van der Waals surface area contributed by atoms with Crippen molar-refractivity contribution in [3.05, 3.63) is 16.3 Å². The molecule has 0 spiro atoms. The predicted octanol–water partition coefficient (Wildman–Crippen LogP) is 3.35. The second kappa shape index (κ2) is 8.27. The zero-order valence-electron chi connectivity index (χ0n) is 13.6. The molecule has 0 radical (unpaired) electrons. The van der Waals surface area contributed by atoms with Crippen LogP contribution in [0.4, 0.5) is 0 Å². The second-order valence-electron chi connectivity index (χ2n) is 6.28. The van der Waals surface area contributed by atoms with Crippen LogP contribution < -0.4 is 10.0 Å². The van der Waals surface area contributed by atoms with E-state index >= 15 is 0 Å². The Morgan fingerprint density at radius 1 is 1.14 bits per heavy atom. The monoisotopic (exact) mass is 332 g/mol. The zero-order valence-corrected chi connectivity index (χ0v) is 15.3. The summed E-state index contributed by atoms with van der Waals surface area (Å²) in [7, 11) is -3.39. The van der Waals surface area contributed by atoms with Crippen molar-refractivity contribution in [2.24, 2.45) is 5.92 Å². The Balaban J connectivity index is 2.61. The molecule has 1 unspecified atom stereocenters. The molecule has 0 saturated heterocycles. The van der Waals surface area contributed by atoms with Crippen molar-refractivity contribution < 1.29 is 8.42 Å². The van der Waals surface area contributed by atoms with E-state index in [1.807, 2.05) is 6.92 Å². The quantitative estimate of drug-likeness (QED) is 0.729. The topological polar surface area (TPSA) is 58.2 Å². The smallest absolute Gasteiger partial charge is 0.241 e. The van der Waals surface area contributed by atoms with Gasteiger partial charge in [-0.2, -0.15) is 0 Å². The van der Waals surface area contributed by atoms with E-state index in [1.165, 1.54) is 11.3 Å². The molecule has 1 atom stereocenters. The highest BCUT2D eigenvalue weighted by atomic mass is 32.2. The van der Waals surface area contributed by atoms with E-state index in [-0.39, 0.29) is 6.04 Å². The number of nitrogens with one attached hydrogen (secondary N) is 2. The second-order valence-corrected chi connectivity index (χ2v) is 8.99. The molecule has 0 aliphatic rings. The van der Waals surface area contributed by atoms with Gasteiger partial charge in [-0.05, 0) is 31.7 Å². The lowest BCUT2D eigenvalue weighted by Crippen LogP contribution is -2.32. The Morgan fingerprint density at radius 2 is 1.81 bits per heavy atom. The van der Waals surface area contributed by atoms with E-state index in [1.54, 1.807) is 11.4 Å². The molecule has 1 rings (SSSR count). The number of hydrogen-bond acceptors (Lipinski definition) is 4. The summed E-state index contributed by atoms with van der Waals surface area (Å²) in [6.07, 6.45) is 1.89. The fraction of sp³-hybridized carbons (Fsp3) is 0.733. The van der Waals surface area contributed by atoms with Crippen molar-refractivity contribution in [3.63, 3.8) is 0 Å². The first-order valence-corrected chi connectivity index (χ1v) is 9.90. The molecule has 4 nitrogen and oxygen atoms in total. The first-order valence-electron chi connectivity index (χ1n) is 7.54. The number of hydrogen-bond donors (Lipinski definition) is 2. The molecule has 6 heteroatoms. The fourth-order valence-corrected chi connectivity index (χ4v) is 4.38. The van der Waals surface area contributed by atoms with Gasteiger partial charge in [-0.1, -0.05) is 27.7 Å². The normalized spacial score (nSPS) is 14.0. The van der Waals surface area contributed by atoms with Crippen molar-refractivity contribution >= 4 is 21.4 Å². The molecule has 1 heterocycles. The molecule has 1 aromatic rings. The maximum Gasteiger partial charge on any atom is 0.241 e. The van der Waals surface area contributed by atoms with Crippen molar-refractivity contribution in [2.75, 3.05) is 0 Å². The van der Waals surface area contributed by atoms with Gasteiger partial charge in [-0.15, -0.1) is 11.3 Å². The molecule has 0 bridgehead atoms. The van der Waals surface area contributed by atoms with Gasteiger partial charge in [0.15, 0.2) is 0 Å². The van der Waals surface area contributed by atoms with Crippen LogP contribution in [0.1, 0.15) is 52.3 Å². The summed E-state index contributed by atoms with van der Waals surface area (Å²) in [4.78, 5) is 1.42.